The van der Waals surface area contributed by atoms with E-state index in [9.17, 15) is 9.90 Å². The van der Waals surface area contributed by atoms with Crippen molar-refractivity contribution in [3.63, 3.8) is 0 Å². The molecule has 0 saturated heterocycles. The van der Waals surface area contributed by atoms with E-state index in [2.05, 4.69) is 15.9 Å². The predicted molar refractivity (Wildman–Crippen MR) is 66.8 cm³/mol. The third-order valence-electron chi connectivity index (χ3n) is 2.13. The van der Waals surface area contributed by atoms with Crippen LogP contribution in [0.2, 0.25) is 0 Å². The third-order valence-corrected chi connectivity index (χ3v) is 2.76. The molecule has 0 heterocycles. The maximum atomic E-state index is 11.4. The summed E-state index contributed by atoms with van der Waals surface area (Å²) in [7, 11) is 0. The number of carbonyl (C=O) groups excluding carboxylic acids is 1. The lowest BCUT2D eigenvalue weighted by atomic mass is 10.2. The van der Waals surface area contributed by atoms with Gasteiger partial charge in [0.2, 0.25) is 0 Å². The second kappa shape index (κ2) is 6.61. The van der Waals surface area contributed by atoms with E-state index < -0.39 is 12.1 Å². The first-order valence-corrected chi connectivity index (χ1v) is 6.11. The first-order valence-electron chi connectivity index (χ1n) is 5.31. The minimum atomic E-state index is -0.709. The summed E-state index contributed by atoms with van der Waals surface area (Å²) >= 11 is 3.32. The first-order chi connectivity index (χ1) is 8.10. The molecule has 1 N–H and O–H groups in total. The van der Waals surface area contributed by atoms with Crippen LogP contribution in [0, 0.1) is 0 Å². The molecule has 17 heavy (non-hydrogen) atoms. The molecule has 0 aliphatic heterocycles. The largest absolute Gasteiger partial charge is 0.477 e. The number of hydrogen-bond acceptors (Lipinski definition) is 4. The monoisotopic (exact) mass is 302 g/mol. The lowest BCUT2D eigenvalue weighted by molar-refractivity contribution is -0.150. The van der Waals surface area contributed by atoms with Crippen LogP contribution in [0.4, 0.5) is 0 Å². The average molecular weight is 303 g/mol. The Hall–Kier alpha value is -1.07. The van der Waals surface area contributed by atoms with Crippen molar-refractivity contribution in [1.29, 1.82) is 0 Å². The molecule has 0 aliphatic carbocycles. The molecular formula is C12H15BrO4. The van der Waals surface area contributed by atoms with E-state index in [1.807, 2.05) is 0 Å². The lowest BCUT2D eigenvalue weighted by Gasteiger charge is -2.16. The topological polar surface area (TPSA) is 55.8 Å². The van der Waals surface area contributed by atoms with Crippen molar-refractivity contribution in [3.05, 3.63) is 28.2 Å². The van der Waals surface area contributed by atoms with Crippen molar-refractivity contribution in [3.8, 4) is 5.75 Å². The van der Waals surface area contributed by atoms with Crippen LogP contribution in [0.3, 0.4) is 0 Å². The van der Waals surface area contributed by atoms with Gasteiger partial charge in [0.05, 0.1) is 17.7 Å². The number of halogens is 1. The Bertz CT molecular complexity index is 392. The SMILES string of the molecule is CCOC(=O)C(C)Oc1c(Br)cccc1CO. The fraction of sp³-hybridized carbons (Fsp3) is 0.417. The number of benzene rings is 1. The number of carbonyl (C=O) groups is 1. The molecule has 1 aromatic carbocycles. The second-order valence-corrected chi connectivity index (χ2v) is 4.25. The number of esters is 1. The van der Waals surface area contributed by atoms with Crippen molar-refractivity contribution in [2.45, 2.75) is 26.6 Å². The minimum Gasteiger partial charge on any atom is -0.477 e. The van der Waals surface area contributed by atoms with Gasteiger partial charge in [-0.3, -0.25) is 0 Å². The maximum Gasteiger partial charge on any atom is 0.347 e. The van der Waals surface area contributed by atoms with Gasteiger partial charge in [-0.25, -0.2) is 4.79 Å². The summed E-state index contributed by atoms with van der Waals surface area (Å²) in [6, 6.07) is 5.31. The highest BCUT2D eigenvalue weighted by Gasteiger charge is 2.18. The van der Waals surface area contributed by atoms with Gasteiger partial charge in [0.25, 0.3) is 0 Å². The van der Waals surface area contributed by atoms with Crippen molar-refractivity contribution >= 4 is 21.9 Å². The summed E-state index contributed by atoms with van der Waals surface area (Å²) < 4.78 is 11.0. The van der Waals surface area contributed by atoms with Crippen LogP contribution in [0.5, 0.6) is 5.75 Å². The van der Waals surface area contributed by atoms with Crippen LogP contribution < -0.4 is 4.74 Å². The zero-order valence-electron chi connectivity index (χ0n) is 9.77. The molecule has 0 saturated carbocycles. The number of rotatable bonds is 5. The Morgan fingerprint density at radius 2 is 2.24 bits per heavy atom. The van der Waals surface area contributed by atoms with E-state index >= 15 is 0 Å². The molecule has 0 spiro atoms. The van der Waals surface area contributed by atoms with E-state index in [0.717, 1.165) is 0 Å². The van der Waals surface area contributed by atoms with Gasteiger partial charge in [-0.15, -0.1) is 0 Å². The van der Waals surface area contributed by atoms with Gasteiger partial charge in [0.15, 0.2) is 6.10 Å². The summed E-state index contributed by atoms with van der Waals surface area (Å²) in [5.41, 5.74) is 0.621. The number of aliphatic hydroxyl groups is 1. The summed E-state index contributed by atoms with van der Waals surface area (Å²) in [5.74, 6) is 0.0442. The molecule has 5 heteroatoms. The molecule has 1 rings (SSSR count). The Kier molecular flexibility index (Phi) is 5.44. The Morgan fingerprint density at radius 1 is 1.53 bits per heavy atom. The van der Waals surface area contributed by atoms with Gasteiger partial charge < -0.3 is 14.6 Å². The van der Waals surface area contributed by atoms with Gasteiger partial charge in [0.1, 0.15) is 5.75 Å². The van der Waals surface area contributed by atoms with Gasteiger partial charge in [-0.05, 0) is 35.8 Å². The van der Waals surface area contributed by atoms with Crippen LogP contribution in [-0.2, 0) is 16.1 Å². The molecule has 0 fully saturated rings. The molecule has 0 radical (unpaired) electrons. The molecule has 0 amide bonds. The van der Waals surface area contributed by atoms with Crippen LogP contribution >= 0.6 is 15.9 Å². The standard InChI is InChI=1S/C12H15BrO4/c1-3-16-12(15)8(2)17-11-9(7-14)5-4-6-10(11)13/h4-6,8,14H,3,7H2,1-2H3. The first kappa shape index (κ1) is 14.0. The summed E-state index contributed by atoms with van der Waals surface area (Å²) in [5, 5.41) is 9.18. The Labute approximate surface area is 109 Å². The highest BCUT2D eigenvalue weighted by atomic mass is 79.9. The molecule has 1 aromatic rings. The van der Waals surface area contributed by atoms with Crippen molar-refractivity contribution in [2.75, 3.05) is 6.61 Å². The predicted octanol–water partition coefficient (Wildman–Crippen LogP) is 2.27. The number of para-hydroxylation sites is 1. The smallest absolute Gasteiger partial charge is 0.347 e. The van der Waals surface area contributed by atoms with Gasteiger partial charge in [-0.2, -0.15) is 0 Å². The molecular weight excluding hydrogens is 288 g/mol. The van der Waals surface area contributed by atoms with Crippen LogP contribution in [-0.4, -0.2) is 23.8 Å². The highest BCUT2D eigenvalue weighted by Crippen LogP contribution is 2.30. The summed E-state index contributed by atoms with van der Waals surface area (Å²) in [6.07, 6.45) is -0.709. The van der Waals surface area contributed by atoms with Gasteiger partial charge in [0, 0.05) is 5.56 Å². The van der Waals surface area contributed by atoms with Gasteiger partial charge >= 0.3 is 5.97 Å². The maximum absolute atomic E-state index is 11.4. The Morgan fingerprint density at radius 3 is 2.82 bits per heavy atom. The number of hydrogen-bond donors (Lipinski definition) is 1. The third kappa shape index (κ3) is 3.71. The lowest BCUT2D eigenvalue weighted by Crippen LogP contribution is -2.26. The van der Waals surface area contributed by atoms with Crippen molar-refractivity contribution in [1.82, 2.24) is 0 Å². The van der Waals surface area contributed by atoms with Crippen LogP contribution in [0.15, 0.2) is 22.7 Å². The molecule has 0 aromatic heterocycles. The fourth-order valence-electron chi connectivity index (χ4n) is 1.29. The van der Waals surface area contributed by atoms with Crippen molar-refractivity contribution < 1.29 is 19.4 Å². The van der Waals surface area contributed by atoms with E-state index in [1.165, 1.54) is 0 Å². The van der Waals surface area contributed by atoms with E-state index in [1.54, 1.807) is 32.0 Å². The molecule has 4 nitrogen and oxygen atoms in total. The molecule has 1 unspecified atom stereocenters. The second-order valence-electron chi connectivity index (χ2n) is 3.40. The zero-order valence-corrected chi connectivity index (χ0v) is 11.4. The van der Waals surface area contributed by atoms with Crippen LogP contribution in [0.1, 0.15) is 19.4 Å². The molecule has 1 atom stereocenters. The molecule has 0 aliphatic rings. The van der Waals surface area contributed by atoms with E-state index in [4.69, 9.17) is 9.47 Å². The van der Waals surface area contributed by atoms with Gasteiger partial charge in [-0.1, -0.05) is 12.1 Å². The fourth-order valence-corrected chi connectivity index (χ4v) is 1.80. The number of aliphatic hydroxyl groups excluding tert-OH is 1. The summed E-state index contributed by atoms with van der Waals surface area (Å²) in [6.45, 7) is 3.51. The van der Waals surface area contributed by atoms with Crippen LogP contribution in [0.25, 0.3) is 0 Å². The highest BCUT2D eigenvalue weighted by molar-refractivity contribution is 9.10. The molecule has 94 valence electrons. The minimum absolute atomic E-state index is 0.148. The van der Waals surface area contributed by atoms with E-state index in [0.29, 0.717) is 22.4 Å². The normalized spacial score (nSPS) is 12.0. The average Bonchev–Trinajstić information content (AvgIpc) is 2.31. The zero-order chi connectivity index (χ0) is 12.8. The quantitative estimate of drug-likeness (QED) is 0.848. The van der Waals surface area contributed by atoms with E-state index in [-0.39, 0.29) is 6.61 Å². The Balaban J connectivity index is 2.83. The summed E-state index contributed by atoms with van der Waals surface area (Å²) in [4.78, 5) is 11.4. The molecule has 0 bridgehead atoms. The number of ether oxygens (including phenoxy) is 2. The van der Waals surface area contributed by atoms with Crippen molar-refractivity contribution in [2.24, 2.45) is 0 Å².